The first-order valence-electron chi connectivity index (χ1n) is 18.9. The van der Waals surface area contributed by atoms with Crippen molar-refractivity contribution in [3.8, 4) is 33.8 Å². The van der Waals surface area contributed by atoms with Gasteiger partial charge in [-0.05, 0) is 94.2 Å². The summed E-state index contributed by atoms with van der Waals surface area (Å²) in [5, 5.41) is 18.2. The first-order chi connectivity index (χ1) is 27.0. The number of aliphatic carboxylic acids is 2. The van der Waals surface area contributed by atoms with Crippen LogP contribution in [0.5, 0.6) is 11.5 Å². The van der Waals surface area contributed by atoms with Crippen molar-refractivity contribution < 1.29 is 55.6 Å². The second-order valence-corrected chi connectivity index (χ2v) is 15.8. The molecule has 1 aliphatic carbocycles. The Labute approximate surface area is 334 Å². The molecule has 314 valence electrons. The third-order valence-electron chi connectivity index (χ3n) is 10.4. The van der Waals surface area contributed by atoms with Crippen LogP contribution in [0.2, 0.25) is 0 Å². The largest absolute Gasteiger partial charge is 0.491 e. The average molecular weight is 817 g/mol. The van der Waals surface area contributed by atoms with E-state index in [4.69, 9.17) is 31.2 Å². The van der Waals surface area contributed by atoms with Crippen LogP contribution >= 0.6 is 0 Å². The van der Waals surface area contributed by atoms with E-state index in [1.165, 1.54) is 75.4 Å². The number of carbonyl (C=O) groups is 2. The highest BCUT2D eigenvalue weighted by molar-refractivity contribution is 5.78. The van der Waals surface area contributed by atoms with Crippen LogP contribution in [0.25, 0.3) is 22.3 Å². The number of carboxylic acid groups (broad SMARTS) is 2. The zero-order valence-corrected chi connectivity index (χ0v) is 33.3. The van der Waals surface area contributed by atoms with Gasteiger partial charge in [0.1, 0.15) is 16.8 Å². The molecule has 0 heterocycles. The highest BCUT2D eigenvalue weighted by atomic mass is 19.2. The Kier molecular flexibility index (Phi) is 14.7. The van der Waals surface area contributed by atoms with E-state index in [0.29, 0.717) is 22.8 Å². The zero-order valence-electron chi connectivity index (χ0n) is 33.3. The molecule has 1 fully saturated rings. The van der Waals surface area contributed by atoms with E-state index in [2.05, 4.69) is 6.92 Å². The summed E-state index contributed by atoms with van der Waals surface area (Å²) in [7, 11) is 0. The maximum atomic E-state index is 14.8. The summed E-state index contributed by atoms with van der Waals surface area (Å²) in [6, 6.07) is 14.1. The number of benzene rings is 4. The SMILES string of the molecule is CC1CCC(c2ccc(OC(C)CC(C)(N)C(=O)O)c(F)c2F)CC1.Cc1ccc(-c2ccc(-c3ccc(OC(C)CC(C)(N)C(=O)O)cc3)c(F)c2F)c(F)c1F. The summed E-state index contributed by atoms with van der Waals surface area (Å²) < 4.78 is 97.7. The summed E-state index contributed by atoms with van der Waals surface area (Å²) in [6.07, 6.45) is 2.61. The summed E-state index contributed by atoms with van der Waals surface area (Å²) in [4.78, 5) is 22.2. The molecule has 0 radical (unpaired) electrons. The summed E-state index contributed by atoms with van der Waals surface area (Å²) >= 11 is 0. The molecule has 0 amide bonds. The lowest BCUT2D eigenvalue weighted by Gasteiger charge is -2.27. The lowest BCUT2D eigenvalue weighted by molar-refractivity contribution is -0.144. The number of hydrogen-bond donors (Lipinski definition) is 4. The van der Waals surface area contributed by atoms with Crippen LogP contribution in [0, 0.1) is 47.7 Å². The lowest BCUT2D eigenvalue weighted by atomic mass is 9.79. The van der Waals surface area contributed by atoms with Gasteiger partial charge in [0.15, 0.2) is 34.8 Å². The number of carboxylic acids is 2. The quantitative estimate of drug-likeness (QED) is 0.0977. The Balaban J connectivity index is 0.000000267. The molecule has 0 aliphatic heterocycles. The Morgan fingerprint density at radius 1 is 0.655 bits per heavy atom. The number of ether oxygens (including phenoxy) is 2. The van der Waals surface area contributed by atoms with Gasteiger partial charge in [0.25, 0.3) is 0 Å². The van der Waals surface area contributed by atoms with Crippen molar-refractivity contribution in [1.29, 1.82) is 0 Å². The van der Waals surface area contributed by atoms with Crippen LogP contribution in [-0.4, -0.2) is 45.4 Å². The zero-order chi connectivity index (χ0) is 43.3. The van der Waals surface area contributed by atoms with Gasteiger partial charge in [-0.3, -0.25) is 9.59 Å². The molecule has 58 heavy (non-hydrogen) atoms. The summed E-state index contributed by atoms with van der Waals surface area (Å²) in [5.74, 6) is -8.19. The topological polar surface area (TPSA) is 145 Å². The highest BCUT2D eigenvalue weighted by Crippen LogP contribution is 2.39. The number of aryl methyl sites for hydroxylation is 1. The molecular weight excluding hydrogens is 766 g/mol. The molecule has 4 aromatic carbocycles. The van der Waals surface area contributed by atoms with Gasteiger partial charge in [0.05, 0.1) is 12.2 Å². The smallest absolute Gasteiger partial charge is 0.323 e. The maximum Gasteiger partial charge on any atom is 0.323 e. The minimum absolute atomic E-state index is 0.0222. The molecule has 0 saturated heterocycles. The average Bonchev–Trinajstić information content (AvgIpc) is 3.15. The molecule has 0 bridgehead atoms. The van der Waals surface area contributed by atoms with Crippen molar-refractivity contribution in [2.24, 2.45) is 17.4 Å². The molecule has 5 rings (SSSR count). The molecule has 4 aromatic rings. The molecule has 4 unspecified atom stereocenters. The molecule has 1 aliphatic rings. The van der Waals surface area contributed by atoms with Gasteiger partial charge in [-0.2, -0.15) is 4.39 Å². The molecular formula is C44H50F6N2O6. The van der Waals surface area contributed by atoms with Crippen molar-refractivity contribution in [1.82, 2.24) is 0 Å². The molecule has 0 aromatic heterocycles. The van der Waals surface area contributed by atoms with Crippen LogP contribution < -0.4 is 20.9 Å². The van der Waals surface area contributed by atoms with Crippen molar-refractivity contribution in [2.75, 3.05) is 0 Å². The van der Waals surface area contributed by atoms with Crippen LogP contribution in [-0.2, 0) is 9.59 Å². The molecule has 14 heteroatoms. The summed E-state index contributed by atoms with van der Waals surface area (Å²) in [5.41, 5.74) is 8.42. The fourth-order valence-electron chi connectivity index (χ4n) is 6.97. The molecule has 4 atom stereocenters. The van der Waals surface area contributed by atoms with E-state index in [1.54, 1.807) is 19.9 Å². The van der Waals surface area contributed by atoms with E-state index in [-0.39, 0.29) is 46.8 Å². The second kappa shape index (κ2) is 18.7. The molecule has 0 spiro atoms. The Hall–Kier alpha value is -5.08. The van der Waals surface area contributed by atoms with Crippen LogP contribution in [0.15, 0.2) is 60.7 Å². The van der Waals surface area contributed by atoms with E-state index in [1.807, 2.05) is 0 Å². The van der Waals surface area contributed by atoms with Gasteiger partial charge in [-0.15, -0.1) is 0 Å². The minimum Gasteiger partial charge on any atom is -0.491 e. The third kappa shape index (κ3) is 10.9. The minimum atomic E-state index is -1.49. The fraction of sp³-hybridized carbons (Fsp3) is 0.409. The molecule has 1 saturated carbocycles. The predicted octanol–water partition coefficient (Wildman–Crippen LogP) is 10.1. The normalized spacial score (nSPS) is 18.4. The highest BCUT2D eigenvalue weighted by Gasteiger charge is 2.33. The van der Waals surface area contributed by atoms with E-state index < -0.39 is 70.1 Å². The fourth-order valence-corrected chi connectivity index (χ4v) is 6.97. The first-order valence-corrected chi connectivity index (χ1v) is 18.9. The number of hydrogen-bond acceptors (Lipinski definition) is 6. The van der Waals surface area contributed by atoms with E-state index in [0.717, 1.165) is 25.7 Å². The number of rotatable bonds is 13. The number of halogens is 6. The molecule has 8 nitrogen and oxygen atoms in total. The van der Waals surface area contributed by atoms with Crippen LogP contribution in [0.1, 0.15) is 90.2 Å². The van der Waals surface area contributed by atoms with Gasteiger partial charge in [0, 0.05) is 29.5 Å². The Bertz CT molecular complexity index is 2100. The summed E-state index contributed by atoms with van der Waals surface area (Å²) in [6.45, 7) is 9.55. The second-order valence-electron chi connectivity index (χ2n) is 15.8. The Morgan fingerprint density at radius 2 is 1.12 bits per heavy atom. The van der Waals surface area contributed by atoms with Gasteiger partial charge >= 0.3 is 11.9 Å². The van der Waals surface area contributed by atoms with Gasteiger partial charge in [-0.25, -0.2) is 22.0 Å². The van der Waals surface area contributed by atoms with Gasteiger partial charge in [-0.1, -0.05) is 62.2 Å². The standard InChI is InChI=1S/C25H23F4NO3.C19H27F2NO3/c1-13-4-9-18(22(28)20(13)26)19-11-10-17(21(27)23(19)29)15-5-7-16(8-6-15)33-14(2)12-25(3,30)24(31)32;1-11-4-6-13(7-5-11)14-8-9-15(17(21)16(14)20)25-12(2)10-19(3,22)18(23)24/h4-11,14H,12,30H2,1-3H3,(H,31,32);8-9,11-13H,4-7,10,22H2,1-3H3,(H,23,24). The third-order valence-corrected chi connectivity index (χ3v) is 10.4. The lowest BCUT2D eigenvalue weighted by Crippen LogP contribution is -2.47. The van der Waals surface area contributed by atoms with Gasteiger partial charge in [0.2, 0.25) is 5.82 Å². The Morgan fingerprint density at radius 3 is 1.66 bits per heavy atom. The molecule has 6 N–H and O–H groups in total. The van der Waals surface area contributed by atoms with Crippen molar-refractivity contribution in [3.05, 3.63) is 107 Å². The monoisotopic (exact) mass is 816 g/mol. The maximum absolute atomic E-state index is 14.8. The van der Waals surface area contributed by atoms with E-state index >= 15 is 0 Å². The van der Waals surface area contributed by atoms with Crippen LogP contribution in [0.3, 0.4) is 0 Å². The van der Waals surface area contributed by atoms with Crippen molar-refractivity contribution in [3.63, 3.8) is 0 Å². The predicted molar refractivity (Wildman–Crippen MR) is 208 cm³/mol. The first kappa shape index (κ1) is 45.6. The number of nitrogens with two attached hydrogens (primary N) is 2. The van der Waals surface area contributed by atoms with Crippen molar-refractivity contribution >= 4 is 11.9 Å². The van der Waals surface area contributed by atoms with E-state index in [9.17, 15) is 35.9 Å². The van der Waals surface area contributed by atoms with Gasteiger partial charge < -0.3 is 31.2 Å². The van der Waals surface area contributed by atoms with Crippen molar-refractivity contribution in [2.45, 2.75) is 109 Å². The van der Waals surface area contributed by atoms with Crippen LogP contribution in [0.4, 0.5) is 26.3 Å².